The highest BCUT2D eigenvalue weighted by atomic mass is 35.5. The molecule has 92 valence electrons. The van der Waals surface area contributed by atoms with E-state index >= 15 is 0 Å². The summed E-state index contributed by atoms with van der Waals surface area (Å²) in [6, 6.07) is 9.49. The van der Waals surface area contributed by atoms with Crippen LogP contribution in [0.2, 0.25) is 5.02 Å². The first kappa shape index (κ1) is 12.4. The molecule has 0 aliphatic rings. The zero-order valence-corrected chi connectivity index (χ0v) is 10.4. The third kappa shape index (κ3) is 2.78. The van der Waals surface area contributed by atoms with E-state index in [1.54, 1.807) is 24.3 Å². The monoisotopic (exact) mass is 262 g/mol. The van der Waals surface area contributed by atoms with Crippen LogP contribution in [0.4, 0.5) is 11.4 Å². The molecule has 18 heavy (non-hydrogen) atoms. The van der Waals surface area contributed by atoms with Gasteiger partial charge in [0.1, 0.15) is 22.9 Å². The van der Waals surface area contributed by atoms with Crippen molar-refractivity contribution in [2.45, 2.75) is 6.92 Å². The van der Waals surface area contributed by atoms with Gasteiger partial charge >= 0.3 is 0 Å². The first-order valence-corrected chi connectivity index (χ1v) is 5.64. The van der Waals surface area contributed by atoms with Gasteiger partial charge < -0.3 is 10.2 Å². The number of halogens is 1. The SMILES string of the molecule is Cc1ccc(O)c(N=Nc2cc(Cl)ccc2O)c1. The number of nitrogens with zero attached hydrogens (tertiary/aromatic N) is 2. The van der Waals surface area contributed by atoms with E-state index in [9.17, 15) is 10.2 Å². The Morgan fingerprint density at radius 2 is 1.44 bits per heavy atom. The Labute approximate surface area is 109 Å². The molecule has 0 spiro atoms. The predicted molar refractivity (Wildman–Crippen MR) is 70.1 cm³/mol. The van der Waals surface area contributed by atoms with Crippen molar-refractivity contribution in [2.75, 3.05) is 0 Å². The lowest BCUT2D eigenvalue weighted by molar-refractivity contribution is 0.474. The largest absolute Gasteiger partial charge is 0.506 e. The van der Waals surface area contributed by atoms with Crippen LogP contribution in [0.1, 0.15) is 5.56 Å². The molecular formula is C13H11ClN2O2. The molecule has 0 unspecified atom stereocenters. The van der Waals surface area contributed by atoms with Crippen LogP contribution in [0.5, 0.6) is 11.5 Å². The Morgan fingerprint density at radius 1 is 0.889 bits per heavy atom. The van der Waals surface area contributed by atoms with Gasteiger partial charge in [0.25, 0.3) is 0 Å². The van der Waals surface area contributed by atoms with E-state index < -0.39 is 0 Å². The highest BCUT2D eigenvalue weighted by Gasteiger charge is 2.02. The molecule has 0 radical (unpaired) electrons. The lowest BCUT2D eigenvalue weighted by Crippen LogP contribution is -1.73. The molecule has 4 nitrogen and oxygen atoms in total. The molecule has 0 atom stereocenters. The Balaban J connectivity index is 2.35. The van der Waals surface area contributed by atoms with Gasteiger partial charge in [-0.2, -0.15) is 0 Å². The molecule has 0 saturated heterocycles. The number of phenols is 2. The summed E-state index contributed by atoms with van der Waals surface area (Å²) in [6.07, 6.45) is 0. The second-order valence-electron chi connectivity index (χ2n) is 3.83. The first-order chi connectivity index (χ1) is 8.56. The minimum Gasteiger partial charge on any atom is -0.506 e. The summed E-state index contributed by atoms with van der Waals surface area (Å²) in [5.74, 6) is 0.0150. The van der Waals surface area contributed by atoms with Gasteiger partial charge in [0.2, 0.25) is 0 Å². The molecule has 0 aliphatic carbocycles. The van der Waals surface area contributed by atoms with Crippen molar-refractivity contribution in [1.29, 1.82) is 0 Å². The molecule has 0 aromatic heterocycles. The van der Waals surface area contributed by atoms with Crippen molar-refractivity contribution in [1.82, 2.24) is 0 Å². The average Bonchev–Trinajstić information content (AvgIpc) is 2.34. The first-order valence-electron chi connectivity index (χ1n) is 5.26. The number of azo groups is 1. The van der Waals surface area contributed by atoms with Crippen LogP contribution in [0.15, 0.2) is 46.6 Å². The van der Waals surface area contributed by atoms with Crippen LogP contribution in [-0.2, 0) is 0 Å². The summed E-state index contributed by atoms with van der Waals surface area (Å²) in [7, 11) is 0. The molecule has 2 rings (SSSR count). The smallest absolute Gasteiger partial charge is 0.143 e. The van der Waals surface area contributed by atoms with Crippen LogP contribution in [0.25, 0.3) is 0 Å². The minimum atomic E-state index is -0.0182. The summed E-state index contributed by atoms with van der Waals surface area (Å²) < 4.78 is 0. The average molecular weight is 263 g/mol. The summed E-state index contributed by atoms with van der Waals surface area (Å²) >= 11 is 5.79. The molecule has 5 heteroatoms. The van der Waals surface area contributed by atoms with Gasteiger partial charge in [-0.3, -0.25) is 0 Å². The van der Waals surface area contributed by atoms with Crippen LogP contribution in [0, 0.1) is 6.92 Å². The van der Waals surface area contributed by atoms with Gasteiger partial charge in [-0.25, -0.2) is 0 Å². The second-order valence-corrected chi connectivity index (χ2v) is 4.26. The van der Waals surface area contributed by atoms with Gasteiger partial charge in [0.05, 0.1) is 0 Å². The Bertz CT molecular complexity index is 558. The summed E-state index contributed by atoms with van der Waals surface area (Å²) in [5, 5.41) is 27.4. The Kier molecular flexibility index (Phi) is 3.48. The van der Waals surface area contributed by atoms with Crippen molar-refractivity contribution >= 4 is 23.0 Å². The number of rotatable bonds is 2. The fourth-order valence-corrected chi connectivity index (χ4v) is 1.56. The molecular weight excluding hydrogens is 252 g/mol. The van der Waals surface area contributed by atoms with Crippen molar-refractivity contribution in [3.05, 3.63) is 47.0 Å². The van der Waals surface area contributed by atoms with Crippen molar-refractivity contribution in [3.63, 3.8) is 0 Å². The van der Waals surface area contributed by atoms with E-state index in [1.165, 1.54) is 12.1 Å². The summed E-state index contributed by atoms with van der Waals surface area (Å²) in [6.45, 7) is 1.88. The summed E-state index contributed by atoms with van der Waals surface area (Å²) in [4.78, 5) is 0. The van der Waals surface area contributed by atoms with E-state index in [4.69, 9.17) is 11.6 Å². The minimum absolute atomic E-state index is 0.0182. The molecule has 0 bridgehead atoms. The van der Waals surface area contributed by atoms with E-state index in [1.807, 2.05) is 6.92 Å². The van der Waals surface area contributed by atoms with Crippen molar-refractivity contribution in [2.24, 2.45) is 10.2 Å². The highest BCUT2D eigenvalue weighted by Crippen LogP contribution is 2.33. The highest BCUT2D eigenvalue weighted by molar-refractivity contribution is 6.30. The molecule has 2 aromatic carbocycles. The molecule has 0 heterocycles. The summed E-state index contributed by atoms with van der Waals surface area (Å²) in [5.41, 5.74) is 1.55. The molecule has 0 saturated carbocycles. The zero-order chi connectivity index (χ0) is 13.1. The fourth-order valence-electron chi connectivity index (χ4n) is 1.40. The maximum absolute atomic E-state index is 9.59. The van der Waals surface area contributed by atoms with Crippen LogP contribution in [0.3, 0.4) is 0 Å². The standard InChI is InChI=1S/C13H11ClN2O2/c1-8-2-4-12(17)10(6-8)15-16-11-7-9(14)3-5-13(11)18/h2-7,17-18H,1H3. The third-order valence-corrected chi connectivity index (χ3v) is 2.57. The van der Waals surface area contributed by atoms with E-state index in [-0.39, 0.29) is 17.2 Å². The lowest BCUT2D eigenvalue weighted by atomic mass is 10.2. The lowest BCUT2D eigenvalue weighted by Gasteiger charge is -2.00. The van der Waals surface area contributed by atoms with E-state index in [0.29, 0.717) is 10.7 Å². The topological polar surface area (TPSA) is 65.2 Å². The Hall–Kier alpha value is -2.07. The van der Waals surface area contributed by atoms with E-state index in [0.717, 1.165) is 5.56 Å². The Morgan fingerprint density at radius 3 is 2.11 bits per heavy atom. The predicted octanol–water partition coefficient (Wildman–Crippen LogP) is 4.48. The van der Waals surface area contributed by atoms with Gasteiger partial charge in [-0.05, 0) is 42.8 Å². The van der Waals surface area contributed by atoms with Gasteiger partial charge in [-0.1, -0.05) is 17.7 Å². The number of benzene rings is 2. The number of aryl methyl sites for hydroxylation is 1. The fraction of sp³-hybridized carbons (Fsp3) is 0.0769. The van der Waals surface area contributed by atoms with Crippen LogP contribution < -0.4 is 0 Å². The maximum Gasteiger partial charge on any atom is 0.143 e. The molecule has 0 aliphatic heterocycles. The van der Waals surface area contributed by atoms with Crippen molar-refractivity contribution < 1.29 is 10.2 Å². The maximum atomic E-state index is 9.59. The number of aromatic hydroxyl groups is 2. The molecule has 0 amide bonds. The van der Waals surface area contributed by atoms with Gasteiger partial charge in [0, 0.05) is 5.02 Å². The third-order valence-electron chi connectivity index (χ3n) is 2.33. The van der Waals surface area contributed by atoms with Crippen molar-refractivity contribution in [3.8, 4) is 11.5 Å². The number of hydrogen-bond donors (Lipinski definition) is 2. The molecule has 2 N–H and O–H groups in total. The van der Waals surface area contributed by atoms with Crippen LogP contribution >= 0.6 is 11.6 Å². The quantitative estimate of drug-likeness (QED) is 0.784. The molecule has 2 aromatic rings. The second kappa shape index (κ2) is 5.06. The van der Waals surface area contributed by atoms with Gasteiger partial charge in [-0.15, -0.1) is 10.2 Å². The van der Waals surface area contributed by atoms with Gasteiger partial charge in [0.15, 0.2) is 0 Å². The number of phenolic OH excluding ortho intramolecular Hbond substituents is 2. The zero-order valence-electron chi connectivity index (χ0n) is 9.63. The normalized spacial score (nSPS) is 11.0. The number of hydrogen-bond acceptors (Lipinski definition) is 4. The molecule has 0 fully saturated rings. The van der Waals surface area contributed by atoms with Crippen LogP contribution in [-0.4, -0.2) is 10.2 Å². The van der Waals surface area contributed by atoms with E-state index in [2.05, 4.69) is 10.2 Å².